The lowest BCUT2D eigenvalue weighted by molar-refractivity contribution is -0.385. The quantitative estimate of drug-likeness (QED) is 0.372. The van der Waals surface area contributed by atoms with Gasteiger partial charge in [-0.3, -0.25) is 10.1 Å². The average molecular weight is 242 g/mol. The number of pyridine rings is 1. The predicted octanol–water partition coefficient (Wildman–Crippen LogP) is 2.27. The first-order chi connectivity index (χ1) is 7.65. The topological polar surface area (TPSA) is 68.1 Å². The highest BCUT2D eigenvalue weighted by atomic mass is 35.5. The molecule has 1 heterocycles. The zero-order valence-electron chi connectivity index (χ0n) is 8.81. The van der Waals surface area contributed by atoms with E-state index >= 15 is 0 Å². The van der Waals surface area contributed by atoms with Gasteiger partial charge in [0.05, 0.1) is 4.92 Å². The predicted molar refractivity (Wildman–Crippen MR) is 63.5 cm³/mol. The van der Waals surface area contributed by atoms with Gasteiger partial charge in [-0.2, -0.15) is 0 Å². The van der Waals surface area contributed by atoms with Crippen LogP contribution in [0.3, 0.4) is 0 Å². The first-order valence-corrected chi connectivity index (χ1v) is 5.14. The van der Waals surface area contributed by atoms with Gasteiger partial charge < -0.3 is 5.32 Å². The molecule has 0 fully saturated rings. The maximum atomic E-state index is 10.6. The van der Waals surface area contributed by atoms with Gasteiger partial charge in [-0.25, -0.2) is 4.98 Å². The minimum absolute atomic E-state index is 0.0858. The molecule has 0 aromatic carbocycles. The number of hydrogen-bond donors (Lipinski definition) is 1. The number of nitro groups is 1. The lowest BCUT2D eigenvalue weighted by Gasteiger charge is -1.96. The molecule has 1 aromatic rings. The summed E-state index contributed by atoms with van der Waals surface area (Å²) in [6.45, 7) is 0.861. The zero-order valence-corrected chi connectivity index (χ0v) is 9.57. The van der Waals surface area contributed by atoms with Crippen LogP contribution in [0.1, 0.15) is 12.0 Å². The average Bonchev–Trinajstić information content (AvgIpc) is 2.26. The fourth-order valence-corrected chi connectivity index (χ4v) is 1.29. The molecule has 0 spiro atoms. The van der Waals surface area contributed by atoms with Gasteiger partial charge in [0.25, 0.3) is 0 Å². The Morgan fingerprint density at radius 3 is 3.06 bits per heavy atom. The maximum Gasteiger partial charge on any atom is 0.307 e. The minimum Gasteiger partial charge on any atom is -0.319 e. The van der Waals surface area contributed by atoms with Crippen molar-refractivity contribution in [2.45, 2.75) is 6.42 Å². The van der Waals surface area contributed by atoms with Gasteiger partial charge in [-0.15, -0.1) is 0 Å². The van der Waals surface area contributed by atoms with Crippen LogP contribution in [0.4, 0.5) is 5.69 Å². The van der Waals surface area contributed by atoms with Gasteiger partial charge in [0, 0.05) is 12.3 Å². The van der Waals surface area contributed by atoms with E-state index in [0.717, 1.165) is 13.0 Å². The monoisotopic (exact) mass is 241 g/mol. The van der Waals surface area contributed by atoms with E-state index in [-0.39, 0.29) is 10.8 Å². The highest BCUT2D eigenvalue weighted by molar-refractivity contribution is 6.31. The molecule has 86 valence electrons. The molecule has 0 bridgehead atoms. The fourth-order valence-electron chi connectivity index (χ4n) is 1.12. The Balaban J connectivity index is 2.78. The van der Waals surface area contributed by atoms with Gasteiger partial charge in [0.1, 0.15) is 0 Å². The molecule has 1 N–H and O–H groups in total. The van der Waals surface area contributed by atoms with E-state index in [4.69, 9.17) is 11.6 Å². The summed E-state index contributed by atoms with van der Waals surface area (Å²) in [5.41, 5.74) is 0.504. The summed E-state index contributed by atoms with van der Waals surface area (Å²) in [7, 11) is 1.86. The first-order valence-electron chi connectivity index (χ1n) is 4.76. The highest BCUT2D eigenvalue weighted by Crippen LogP contribution is 2.22. The zero-order chi connectivity index (χ0) is 12.0. The van der Waals surface area contributed by atoms with E-state index in [2.05, 4.69) is 10.3 Å². The molecular formula is C10H12ClN3O2. The van der Waals surface area contributed by atoms with Gasteiger partial charge in [-0.05, 0) is 25.6 Å². The van der Waals surface area contributed by atoms with Crippen molar-refractivity contribution in [3.63, 3.8) is 0 Å². The second-order valence-electron chi connectivity index (χ2n) is 3.13. The smallest absolute Gasteiger partial charge is 0.307 e. The van der Waals surface area contributed by atoms with E-state index < -0.39 is 4.92 Å². The minimum atomic E-state index is -0.541. The first kappa shape index (κ1) is 12.6. The van der Waals surface area contributed by atoms with E-state index in [9.17, 15) is 10.1 Å². The van der Waals surface area contributed by atoms with Crippen molar-refractivity contribution in [3.8, 4) is 0 Å². The third-order valence-corrected chi connectivity index (χ3v) is 2.20. The molecular weight excluding hydrogens is 230 g/mol. The molecule has 6 heteroatoms. The van der Waals surface area contributed by atoms with Crippen molar-refractivity contribution < 1.29 is 4.92 Å². The summed E-state index contributed by atoms with van der Waals surface area (Å²) in [5, 5.41) is 13.5. The Morgan fingerprint density at radius 2 is 2.44 bits per heavy atom. The van der Waals surface area contributed by atoms with E-state index in [1.807, 2.05) is 13.1 Å². The highest BCUT2D eigenvalue weighted by Gasteiger charge is 2.12. The largest absolute Gasteiger partial charge is 0.319 e. The number of hydrogen-bond acceptors (Lipinski definition) is 4. The Labute approximate surface area is 98.3 Å². The van der Waals surface area contributed by atoms with Crippen LogP contribution in [0.2, 0.25) is 5.15 Å². The van der Waals surface area contributed by atoms with Crippen molar-refractivity contribution in [1.82, 2.24) is 10.3 Å². The molecule has 0 unspecified atom stereocenters. The van der Waals surface area contributed by atoms with Crippen LogP contribution < -0.4 is 5.32 Å². The Morgan fingerprint density at radius 1 is 1.69 bits per heavy atom. The maximum absolute atomic E-state index is 10.6. The lowest BCUT2D eigenvalue weighted by Crippen LogP contribution is -2.05. The van der Waals surface area contributed by atoms with E-state index in [1.54, 1.807) is 6.08 Å². The molecule has 1 rings (SSSR count). The van der Waals surface area contributed by atoms with Gasteiger partial charge in [0.15, 0.2) is 0 Å². The summed E-state index contributed by atoms with van der Waals surface area (Å²) < 4.78 is 0. The molecule has 0 aliphatic carbocycles. The van der Waals surface area contributed by atoms with Crippen molar-refractivity contribution in [2.75, 3.05) is 13.6 Å². The van der Waals surface area contributed by atoms with Crippen LogP contribution >= 0.6 is 11.6 Å². The standard InChI is InChI=1S/C10H12ClN3O2/c1-12-5-3-2-4-8-6-9(14(15)16)10(11)13-7-8/h2,4,6-7,12H,3,5H2,1H3. The van der Waals surface area contributed by atoms with E-state index in [1.165, 1.54) is 12.3 Å². The number of nitrogens with zero attached hydrogens (tertiary/aromatic N) is 2. The summed E-state index contributed by atoms with van der Waals surface area (Å²) in [5.74, 6) is 0. The number of rotatable bonds is 5. The SMILES string of the molecule is CNCCC=Cc1cnc(Cl)c([N+](=O)[O-])c1. The third kappa shape index (κ3) is 3.60. The molecule has 0 aliphatic rings. The molecule has 1 aromatic heterocycles. The molecule has 0 atom stereocenters. The molecule has 0 saturated heterocycles. The van der Waals surface area contributed by atoms with Crippen LogP contribution in [-0.4, -0.2) is 23.5 Å². The Hall–Kier alpha value is -1.46. The Bertz CT molecular complexity index is 407. The molecule has 0 aliphatic heterocycles. The molecule has 0 saturated carbocycles. The summed E-state index contributed by atoms with van der Waals surface area (Å²) >= 11 is 5.59. The van der Waals surface area contributed by atoms with Gasteiger partial charge in [0.2, 0.25) is 5.15 Å². The van der Waals surface area contributed by atoms with Crippen LogP contribution in [-0.2, 0) is 0 Å². The van der Waals surface area contributed by atoms with Crippen molar-refractivity contribution in [3.05, 3.63) is 39.2 Å². The summed E-state index contributed by atoms with van der Waals surface area (Å²) in [4.78, 5) is 13.8. The number of halogens is 1. The normalized spacial score (nSPS) is 10.9. The Kier molecular flexibility index (Phi) is 4.88. The molecule has 16 heavy (non-hydrogen) atoms. The second-order valence-corrected chi connectivity index (χ2v) is 3.49. The van der Waals surface area contributed by atoms with Crippen LogP contribution in [0.25, 0.3) is 6.08 Å². The van der Waals surface area contributed by atoms with Crippen molar-refractivity contribution >= 4 is 23.4 Å². The van der Waals surface area contributed by atoms with Gasteiger partial charge in [-0.1, -0.05) is 23.8 Å². The molecule has 0 amide bonds. The lowest BCUT2D eigenvalue weighted by atomic mass is 10.2. The molecule has 0 radical (unpaired) electrons. The van der Waals surface area contributed by atoms with Crippen LogP contribution in [0.15, 0.2) is 18.3 Å². The number of aromatic nitrogens is 1. The van der Waals surface area contributed by atoms with Crippen LogP contribution in [0.5, 0.6) is 0 Å². The molecule has 5 nitrogen and oxygen atoms in total. The van der Waals surface area contributed by atoms with Crippen molar-refractivity contribution in [2.24, 2.45) is 0 Å². The van der Waals surface area contributed by atoms with Crippen molar-refractivity contribution in [1.29, 1.82) is 0 Å². The second kappa shape index (κ2) is 6.19. The summed E-state index contributed by atoms with van der Waals surface area (Å²) in [6.07, 6.45) is 6.07. The van der Waals surface area contributed by atoms with E-state index in [0.29, 0.717) is 5.56 Å². The van der Waals surface area contributed by atoms with Crippen LogP contribution in [0, 0.1) is 10.1 Å². The third-order valence-electron chi connectivity index (χ3n) is 1.91. The number of nitrogens with one attached hydrogen (secondary N) is 1. The van der Waals surface area contributed by atoms with Gasteiger partial charge >= 0.3 is 5.69 Å². The fraction of sp³-hybridized carbons (Fsp3) is 0.300. The summed E-state index contributed by atoms with van der Waals surface area (Å²) in [6, 6.07) is 1.41.